The SMILES string of the molecule is CCc1sc(C(=O)NNC(=O)C2COc3ccccc3O2)cc1C. The van der Waals surface area contributed by atoms with E-state index in [1.807, 2.05) is 26.0 Å². The Morgan fingerprint density at radius 3 is 2.71 bits per heavy atom. The molecule has 3 rings (SSSR count). The molecule has 1 aromatic heterocycles. The minimum Gasteiger partial charge on any atom is -0.485 e. The van der Waals surface area contributed by atoms with Gasteiger partial charge in [-0.05, 0) is 37.1 Å². The minimum absolute atomic E-state index is 0.0941. The zero-order valence-electron chi connectivity index (χ0n) is 13.4. The minimum atomic E-state index is -0.809. The van der Waals surface area contributed by atoms with Gasteiger partial charge in [0.1, 0.15) is 6.61 Å². The molecule has 0 aliphatic carbocycles. The summed E-state index contributed by atoms with van der Waals surface area (Å²) in [6, 6.07) is 8.95. The van der Waals surface area contributed by atoms with Crippen LogP contribution in [-0.2, 0) is 11.2 Å². The first kappa shape index (κ1) is 16.3. The maximum absolute atomic E-state index is 12.1. The molecule has 7 heteroatoms. The van der Waals surface area contributed by atoms with Crippen LogP contribution < -0.4 is 20.3 Å². The van der Waals surface area contributed by atoms with Crippen molar-refractivity contribution in [3.8, 4) is 11.5 Å². The summed E-state index contributed by atoms with van der Waals surface area (Å²) in [5, 5.41) is 0. The Balaban J connectivity index is 1.57. The first-order valence-corrected chi connectivity index (χ1v) is 8.48. The summed E-state index contributed by atoms with van der Waals surface area (Å²) in [5.74, 6) is 0.318. The Hall–Kier alpha value is -2.54. The molecule has 2 amide bonds. The summed E-state index contributed by atoms with van der Waals surface area (Å²) in [6.07, 6.45) is 0.0690. The molecular formula is C17H18N2O4S. The van der Waals surface area contributed by atoms with Gasteiger partial charge in [-0.3, -0.25) is 20.4 Å². The number of hydrogen-bond donors (Lipinski definition) is 2. The third-order valence-electron chi connectivity index (χ3n) is 3.67. The first-order valence-electron chi connectivity index (χ1n) is 7.66. The molecule has 2 N–H and O–H groups in total. The lowest BCUT2D eigenvalue weighted by Gasteiger charge is -2.25. The number of ether oxygens (including phenoxy) is 2. The van der Waals surface area contributed by atoms with Gasteiger partial charge in [0.2, 0.25) is 6.10 Å². The number of aryl methyl sites for hydroxylation is 2. The molecule has 1 aromatic carbocycles. The molecule has 0 radical (unpaired) electrons. The molecular weight excluding hydrogens is 328 g/mol. The number of thiophene rings is 1. The summed E-state index contributed by atoms with van der Waals surface area (Å²) < 4.78 is 11.1. The number of para-hydroxylation sites is 2. The van der Waals surface area contributed by atoms with Crippen molar-refractivity contribution in [1.29, 1.82) is 0 Å². The molecule has 0 spiro atoms. The quantitative estimate of drug-likeness (QED) is 0.836. The van der Waals surface area contributed by atoms with Crippen molar-refractivity contribution in [1.82, 2.24) is 10.9 Å². The monoisotopic (exact) mass is 346 g/mol. The Morgan fingerprint density at radius 2 is 2.00 bits per heavy atom. The standard InChI is InChI=1S/C17H18N2O4S/c1-3-14-10(2)8-15(24-14)17(21)19-18-16(20)13-9-22-11-6-4-5-7-12(11)23-13/h4-8,13H,3,9H2,1-2H3,(H,18,20)(H,19,21). The lowest BCUT2D eigenvalue weighted by molar-refractivity contribution is -0.131. The number of fused-ring (bicyclic) bond motifs is 1. The Labute approximate surface area is 143 Å². The number of rotatable bonds is 3. The van der Waals surface area contributed by atoms with Crippen LogP contribution in [0, 0.1) is 6.92 Å². The van der Waals surface area contributed by atoms with Crippen LogP contribution in [0.25, 0.3) is 0 Å². The molecule has 24 heavy (non-hydrogen) atoms. The normalized spacial score (nSPS) is 15.7. The fourth-order valence-electron chi connectivity index (χ4n) is 2.39. The zero-order chi connectivity index (χ0) is 17.1. The van der Waals surface area contributed by atoms with Crippen molar-refractivity contribution >= 4 is 23.2 Å². The van der Waals surface area contributed by atoms with Gasteiger partial charge in [0, 0.05) is 4.88 Å². The van der Waals surface area contributed by atoms with Crippen molar-refractivity contribution in [2.45, 2.75) is 26.4 Å². The number of hydrazine groups is 1. The van der Waals surface area contributed by atoms with E-state index in [4.69, 9.17) is 9.47 Å². The molecule has 1 aliphatic rings. The number of nitrogens with one attached hydrogen (secondary N) is 2. The van der Waals surface area contributed by atoms with Crippen LogP contribution in [0.3, 0.4) is 0 Å². The smallest absolute Gasteiger partial charge is 0.283 e. The highest BCUT2D eigenvalue weighted by atomic mass is 32.1. The number of benzene rings is 1. The maximum Gasteiger partial charge on any atom is 0.283 e. The number of carbonyl (C=O) groups is 2. The number of amides is 2. The van der Waals surface area contributed by atoms with Crippen molar-refractivity contribution in [3.05, 3.63) is 45.6 Å². The van der Waals surface area contributed by atoms with Gasteiger partial charge >= 0.3 is 0 Å². The van der Waals surface area contributed by atoms with Crippen molar-refractivity contribution in [2.24, 2.45) is 0 Å². The lowest BCUT2D eigenvalue weighted by atomic mass is 10.2. The second-order valence-electron chi connectivity index (χ2n) is 5.38. The molecule has 0 saturated heterocycles. The van der Waals surface area contributed by atoms with E-state index in [0.717, 1.165) is 16.9 Å². The summed E-state index contributed by atoms with van der Waals surface area (Å²) in [7, 11) is 0. The Kier molecular flexibility index (Phi) is 4.71. The van der Waals surface area contributed by atoms with Crippen LogP contribution >= 0.6 is 11.3 Å². The van der Waals surface area contributed by atoms with E-state index in [0.29, 0.717) is 16.4 Å². The topological polar surface area (TPSA) is 76.7 Å². The lowest BCUT2D eigenvalue weighted by Crippen LogP contribution is -2.50. The summed E-state index contributed by atoms with van der Waals surface area (Å²) in [4.78, 5) is 26.0. The fraction of sp³-hybridized carbons (Fsp3) is 0.294. The van der Waals surface area contributed by atoms with Gasteiger partial charge < -0.3 is 9.47 Å². The zero-order valence-corrected chi connectivity index (χ0v) is 14.2. The van der Waals surface area contributed by atoms with Gasteiger partial charge in [-0.1, -0.05) is 19.1 Å². The highest BCUT2D eigenvalue weighted by Gasteiger charge is 2.27. The molecule has 1 unspecified atom stereocenters. The van der Waals surface area contributed by atoms with Gasteiger partial charge in [0.05, 0.1) is 4.88 Å². The van der Waals surface area contributed by atoms with Crippen LogP contribution in [0.4, 0.5) is 0 Å². The molecule has 0 saturated carbocycles. The van der Waals surface area contributed by atoms with Gasteiger partial charge in [0.25, 0.3) is 11.8 Å². The predicted molar refractivity (Wildman–Crippen MR) is 90.4 cm³/mol. The molecule has 0 fully saturated rings. The summed E-state index contributed by atoms with van der Waals surface area (Å²) in [5.41, 5.74) is 5.90. The van der Waals surface area contributed by atoms with E-state index >= 15 is 0 Å². The predicted octanol–water partition coefficient (Wildman–Crippen LogP) is 2.22. The van der Waals surface area contributed by atoms with Crippen molar-refractivity contribution in [3.63, 3.8) is 0 Å². The van der Waals surface area contributed by atoms with Gasteiger partial charge in [-0.25, -0.2) is 0 Å². The second kappa shape index (κ2) is 6.92. The van der Waals surface area contributed by atoms with E-state index in [9.17, 15) is 9.59 Å². The number of carbonyl (C=O) groups excluding carboxylic acids is 2. The first-order chi connectivity index (χ1) is 11.6. The van der Waals surface area contributed by atoms with Gasteiger partial charge in [-0.15, -0.1) is 11.3 Å². The third kappa shape index (κ3) is 3.35. The van der Waals surface area contributed by atoms with Crippen LogP contribution in [0.5, 0.6) is 11.5 Å². The molecule has 1 aliphatic heterocycles. The average molecular weight is 346 g/mol. The molecule has 2 heterocycles. The Bertz CT molecular complexity index is 772. The highest BCUT2D eigenvalue weighted by molar-refractivity contribution is 7.14. The van der Waals surface area contributed by atoms with Crippen LogP contribution in [0.2, 0.25) is 0 Å². The molecule has 1 atom stereocenters. The van der Waals surface area contributed by atoms with Crippen LogP contribution in [0.15, 0.2) is 30.3 Å². The average Bonchev–Trinajstić information content (AvgIpc) is 2.99. The third-order valence-corrected chi connectivity index (χ3v) is 5.05. The maximum atomic E-state index is 12.1. The number of hydrogen-bond acceptors (Lipinski definition) is 5. The highest BCUT2D eigenvalue weighted by Crippen LogP contribution is 2.30. The Morgan fingerprint density at radius 1 is 1.25 bits per heavy atom. The van der Waals surface area contributed by atoms with Crippen molar-refractivity contribution in [2.75, 3.05) is 6.61 Å². The van der Waals surface area contributed by atoms with Gasteiger partial charge in [0.15, 0.2) is 11.5 Å². The fourth-order valence-corrected chi connectivity index (χ4v) is 3.40. The van der Waals surface area contributed by atoms with E-state index in [1.54, 1.807) is 18.2 Å². The van der Waals surface area contributed by atoms with Crippen LogP contribution in [0.1, 0.15) is 27.0 Å². The van der Waals surface area contributed by atoms with Gasteiger partial charge in [-0.2, -0.15) is 0 Å². The van der Waals surface area contributed by atoms with E-state index in [-0.39, 0.29) is 12.5 Å². The molecule has 2 aromatic rings. The molecule has 6 nitrogen and oxygen atoms in total. The van der Waals surface area contributed by atoms with E-state index in [2.05, 4.69) is 10.9 Å². The summed E-state index contributed by atoms with van der Waals surface area (Å²) >= 11 is 1.43. The second-order valence-corrected chi connectivity index (χ2v) is 6.51. The molecule has 126 valence electrons. The molecule has 0 bridgehead atoms. The van der Waals surface area contributed by atoms with E-state index < -0.39 is 12.0 Å². The summed E-state index contributed by atoms with van der Waals surface area (Å²) in [6.45, 7) is 4.10. The van der Waals surface area contributed by atoms with E-state index in [1.165, 1.54) is 11.3 Å². The largest absolute Gasteiger partial charge is 0.485 e. The van der Waals surface area contributed by atoms with Crippen LogP contribution in [-0.4, -0.2) is 24.5 Å². The van der Waals surface area contributed by atoms with Crippen molar-refractivity contribution < 1.29 is 19.1 Å².